The number of carbonyl (C=O) groups excluding carboxylic acids is 3. The van der Waals surface area contributed by atoms with Crippen LogP contribution in [0.1, 0.15) is 12.5 Å². The molecule has 3 amide bonds. The number of hydrogen-bond donors (Lipinski definition) is 0. The lowest BCUT2D eigenvalue weighted by Crippen LogP contribution is -2.46. The molecule has 0 aromatic heterocycles. The minimum atomic E-state index is -0.508. The van der Waals surface area contributed by atoms with Gasteiger partial charge in [0.15, 0.2) is 11.5 Å². The fourth-order valence-electron chi connectivity index (χ4n) is 2.97. The van der Waals surface area contributed by atoms with E-state index in [4.69, 9.17) is 25.8 Å². The second-order valence-electron chi connectivity index (χ2n) is 6.23. The maximum Gasteiger partial charge on any atom is 0.294 e. The van der Waals surface area contributed by atoms with Crippen molar-refractivity contribution in [3.63, 3.8) is 0 Å². The summed E-state index contributed by atoms with van der Waals surface area (Å²) >= 11 is 7.03. The van der Waals surface area contributed by atoms with Gasteiger partial charge in [0.05, 0.1) is 36.9 Å². The summed E-state index contributed by atoms with van der Waals surface area (Å²) in [5, 5.41) is -0.154. The number of hydrogen-bond acceptors (Lipinski definition) is 7. The molecule has 0 N–H and O–H groups in total. The minimum absolute atomic E-state index is 0.216. The molecule has 2 aliphatic heterocycles. The molecule has 0 saturated carbocycles. The second-order valence-corrected chi connectivity index (χ2v) is 7.63. The number of halogens is 1. The Morgan fingerprint density at radius 3 is 2.69 bits per heavy atom. The van der Waals surface area contributed by atoms with Crippen molar-refractivity contribution in [2.75, 3.05) is 46.6 Å². The van der Waals surface area contributed by atoms with Crippen LogP contribution in [0.4, 0.5) is 4.79 Å². The quantitative estimate of drug-likeness (QED) is 0.628. The molecule has 2 heterocycles. The molecule has 0 bridgehead atoms. The van der Waals surface area contributed by atoms with Gasteiger partial charge in [-0.2, -0.15) is 0 Å². The molecule has 2 saturated heterocycles. The molecule has 2 aliphatic rings. The van der Waals surface area contributed by atoms with E-state index in [9.17, 15) is 14.4 Å². The third-order valence-electron chi connectivity index (χ3n) is 4.36. The van der Waals surface area contributed by atoms with Gasteiger partial charge >= 0.3 is 0 Å². The number of ether oxygens (including phenoxy) is 3. The summed E-state index contributed by atoms with van der Waals surface area (Å²) < 4.78 is 16.0. The molecule has 10 heteroatoms. The van der Waals surface area contributed by atoms with Crippen molar-refractivity contribution in [3.05, 3.63) is 27.6 Å². The monoisotopic (exact) mass is 440 g/mol. The highest BCUT2D eigenvalue weighted by Gasteiger charge is 2.37. The van der Waals surface area contributed by atoms with Crippen molar-refractivity contribution in [1.29, 1.82) is 0 Å². The van der Waals surface area contributed by atoms with Gasteiger partial charge in [-0.1, -0.05) is 11.6 Å². The molecule has 156 valence electrons. The van der Waals surface area contributed by atoms with E-state index in [-0.39, 0.29) is 17.4 Å². The van der Waals surface area contributed by atoms with Crippen molar-refractivity contribution in [2.45, 2.75) is 6.92 Å². The maximum atomic E-state index is 12.7. The van der Waals surface area contributed by atoms with Crippen molar-refractivity contribution >= 4 is 46.5 Å². The molecule has 0 spiro atoms. The first kappa shape index (κ1) is 21.5. The minimum Gasteiger partial charge on any atom is -0.491 e. The zero-order valence-corrected chi connectivity index (χ0v) is 17.7. The van der Waals surface area contributed by atoms with Gasteiger partial charge in [0, 0.05) is 13.1 Å². The molecule has 1 aromatic carbocycles. The third-order valence-corrected chi connectivity index (χ3v) is 5.55. The largest absolute Gasteiger partial charge is 0.491 e. The van der Waals surface area contributed by atoms with Crippen molar-refractivity contribution in [2.24, 2.45) is 0 Å². The molecule has 2 fully saturated rings. The SMILES string of the molecule is CCOc1cc(/C=C2\SC(=O)N(CC(=O)N3CCOCC3)C2=O)cc(Cl)c1OC. The summed E-state index contributed by atoms with van der Waals surface area (Å²) in [6.07, 6.45) is 1.55. The Morgan fingerprint density at radius 2 is 2.03 bits per heavy atom. The highest BCUT2D eigenvalue weighted by Crippen LogP contribution is 2.38. The van der Waals surface area contributed by atoms with Crippen molar-refractivity contribution < 1.29 is 28.6 Å². The van der Waals surface area contributed by atoms with Crippen LogP contribution >= 0.6 is 23.4 Å². The van der Waals surface area contributed by atoms with Gasteiger partial charge in [0.2, 0.25) is 5.91 Å². The maximum absolute atomic E-state index is 12.7. The van der Waals surface area contributed by atoms with Gasteiger partial charge in [-0.05, 0) is 42.5 Å². The number of morpholine rings is 1. The fraction of sp³-hybridized carbons (Fsp3) is 0.421. The van der Waals surface area contributed by atoms with Crippen LogP contribution in [-0.2, 0) is 14.3 Å². The summed E-state index contributed by atoms with van der Waals surface area (Å²) in [5.41, 5.74) is 0.587. The lowest BCUT2D eigenvalue weighted by molar-refractivity contribution is -0.139. The predicted molar refractivity (Wildman–Crippen MR) is 109 cm³/mol. The van der Waals surface area contributed by atoms with Gasteiger partial charge in [-0.25, -0.2) is 0 Å². The van der Waals surface area contributed by atoms with E-state index in [2.05, 4.69) is 0 Å². The number of rotatable bonds is 6. The number of methoxy groups -OCH3 is 1. The summed E-state index contributed by atoms with van der Waals surface area (Å²) in [7, 11) is 1.49. The molecule has 0 unspecified atom stereocenters. The molecule has 1 aromatic rings. The van der Waals surface area contributed by atoms with E-state index in [0.29, 0.717) is 55.0 Å². The Bertz CT molecular complexity index is 853. The first-order chi connectivity index (χ1) is 13.9. The molecule has 29 heavy (non-hydrogen) atoms. The number of carbonyl (C=O) groups is 3. The molecular weight excluding hydrogens is 420 g/mol. The standard InChI is InChI=1S/C19H21ClN2O6S/c1-3-28-14-9-12(8-13(20)17(14)26-2)10-15-18(24)22(19(25)29-15)11-16(23)21-4-6-27-7-5-21/h8-10H,3-7,11H2,1-2H3/b15-10-. The van der Waals surface area contributed by atoms with E-state index in [1.807, 2.05) is 6.92 Å². The van der Waals surface area contributed by atoms with E-state index >= 15 is 0 Å². The topological polar surface area (TPSA) is 85.4 Å². The van der Waals surface area contributed by atoms with E-state index in [0.717, 1.165) is 16.7 Å². The summed E-state index contributed by atoms with van der Waals surface area (Å²) in [5.74, 6) is 0.0554. The molecular formula is C19H21ClN2O6S. The Morgan fingerprint density at radius 1 is 1.31 bits per heavy atom. The highest BCUT2D eigenvalue weighted by atomic mass is 35.5. The van der Waals surface area contributed by atoms with Crippen LogP contribution in [0.15, 0.2) is 17.0 Å². The van der Waals surface area contributed by atoms with E-state index in [1.54, 1.807) is 23.1 Å². The second kappa shape index (κ2) is 9.51. The smallest absolute Gasteiger partial charge is 0.294 e. The molecule has 8 nitrogen and oxygen atoms in total. The number of thioether (sulfide) groups is 1. The number of imide groups is 1. The van der Waals surface area contributed by atoms with Crippen LogP contribution in [-0.4, -0.2) is 73.4 Å². The number of benzene rings is 1. The number of nitrogens with zero attached hydrogens (tertiary/aromatic N) is 2. The van der Waals surface area contributed by atoms with Crippen LogP contribution in [0.5, 0.6) is 11.5 Å². The fourth-order valence-corrected chi connectivity index (χ4v) is 4.10. The van der Waals surface area contributed by atoms with Gasteiger partial charge in [0.25, 0.3) is 11.1 Å². The van der Waals surface area contributed by atoms with Crippen LogP contribution in [0.25, 0.3) is 6.08 Å². The average Bonchev–Trinajstić information content (AvgIpc) is 2.96. The van der Waals surface area contributed by atoms with Crippen LogP contribution in [0.2, 0.25) is 5.02 Å². The van der Waals surface area contributed by atoms with E-state index in [1.165, 1.54) is 7.11 Å². The van der Waals surface area contributed by atoms with E-state index < -0.39 is 11.1 Å². The van der Waals surface area contributed by atoms with Gasteiger partial charge < -0.3 is 19.1 Å². The Balaban J connectivity index is 1.78. The number of amides is 3. The molecule has 0 aliphatic carbocycles. The Labute approximate surface area is 177 Å². The zero-order valence-electron chi connectivity index (χ0n) is 16.1. The van der Waals surface area contributed by atoms with Crippen molar-refractivity contribution in [3.8, 4) is 11.5 Å². The van der Waals surface area contributed by atoms with Crippen molar-refractivity contribution in [1.82, 2.24) is 9.80 Å². The lowest BCUT2D eigenvalue weighted by Gasteiger charge is -2.28. The summed E-state index contributed by atoms with van der Waals surface area (Å²) in [6.45, 7) is 3.77. The highest BCUT2D eigenvalue weighted by molar-refractivity contribution is 8.18. The van der Waals surface area contributed by atoms with Gasteiger partial charge in [-0.3, -0.25) is 19.3 Å². The molecule has 0 atom stereocenters. The first-order valence-electron chi connectivity index (χ1n) is 9.05. The van der Waals surface area contributed by atoms with Crippen LogP contribution in [0, 0.1) is 0 Å². The first-order valence-corrected chi connectivity index (χ1v) is 10.2. The van der Waals surface area contributed by atoms with Crippen LogP contribution in [0.3, 0.4) is 0 Å². The molecule has 3 rings (SSSR count). The van der Waals surface area contributed by atoms with Gasteiger partial charge in [0.1, 0.15) is 6.54 Å². The van der Waals surface area contributed by atoms with Gasteiger partial charge in [-0.15, -0.1) is 0 Å². The third kappa shape index (κ3) is 4.85. The summed E-state index contributed by atoms with van der Waals surface area (Å²) in [6, 6.07) is 3.30. The normalized spacial score (nSPS) is 18.5. The zero-order chi connectivity index (χ0) is 21.0. The summed E-state index contributed by atoms with van der Waals surface area (Å²) in [4.78, 5) is 40.1. The predicted octanol–water partition coefficient (Wildman–Crippen LogP) is 2.64. The lowest BCUT2D eigenvalue weighted by atomic mass is 10.1. The Hall–Kier alpha value is -2.23. The Kier molecular flexibility index (Phi) is 7.05. The average molecular weight is 441 g/mol. The van der Waals surface area contributed by atoms with Crippen LogP contribution < -0.4 is 9.47 Å². The molecule has 0 radical (unpaired) electrons.